The van der Waals surface area contributed by atoms with Crippen LogP contribution in [0.15, 0.2) is 6.07 Å². The SMILES string of the molecule is N=C(N)c1cc2c(nc1OCC1CCCO1)CCC2. The molecule has 0 saturated carbocycles. The van der Waals surface area contributed by atoms with Gasteiger partial charge in [-0.25, -0.2) is 4.98 Å². The van der Waals surface area contributed by atoms with Gasteiger partial charge in [-0.2, -0.15) is 0 Å². The van der Waals surface area contributed by atoms with Crippen molar-refractivity contribution in [2.45, 2.75) is 38.2 Å². The average Bonchev–Trinajstić information content (AvgIpc) is 3.05. The van der Waals surface area contributed by atoms with Crippen LogP contribution in [0.4, 0.5) is 0 Å². The van der Waals surface area contributed by atoms with Crippen LogP contribution >= 0.6 is 0 Å². The molecule has 0 spiro atoms. The molecule has 1 atom stereocenters. The number of rotatable bonds is 4. The van der Waals surface area contributed by atoms with Gasteiger partial charge in [0.15, 0.2) is 0 Å². The lowest BCUT2D eigenvalue weighted by Gasteiger charge is -2.14. The molecule has 1 aliphatic heterocycles. The molecule has 0 aromatic carbocycles. The quantitative estimate of drug-likeness (QED) is 0.634. The maximum Gasteiger partial charge on any atom is 0.224 e. The summed E-state index contributed by atoms with van der Waals surface area (Å²) < 4.78 is 11.3. The van der Waals surface area contributed by atoms with Crippen molar-refractivity contribution in [3.8, 4) is 5.88 Å². The van der Waals surface area contributed by atoms with E-state index in [4.69, 9.17) is 20.6 Å². The molecule has 2 aliphatic rings. The van der Waals surface area contributed by atoms with Gasteiger partial charge in [-0.15, -0.1) is 0 Å². The summed E-state index contributed by atoms with van der Waals surface area (Å²) in [5.41, 5.74) is 8.53. The van der Waals surface area contributed by atoms with Crippen LogP contribution in [-0.4, -0.2) is 30.1 Å². The van der Waals surface area contributed by atoms with Crippen molar-refractivity contribution in [3.63, 3.8) is 0 Å². The van der Waals surface area contributed by atoms with Gasteiger partial charge < -0.3 is 15.2 Å². The van der Waals surface area contributed by atoms with Gasteiger partial charge in [0.05, 0.1) is 11.7 Å². The minimum absolute atomic E-state index is 0.0181. The summed E-state index contributed by atoms with van der Waals surface area (Å²) in [6.45, 7) is 1.30. The Morgan fingerprint density at radius 3 is 3.11 bits per heavy atom. The number of nitrogen functional groups attached to an aromatic ring is 1. The Morgan fingerprint density at radius 1 is 1.47 bits per heavy atom. The Kier molecular flexibility index (Phi) is 3.38. The summed E-state index contributed by atoms with van der Waals surface area (Å²) in [5.74, 6) is 0.508. The second-order valence-electron chi connectivity index (χ2n) is 5.16. The van der Waals surface area contributed by atoms with Crippen molar-refractivity contribution in [1.29, 1.82) is 5.41 Å². The number of nitrogens with one attached hydrogen (secondary N) is 1. The Balaban J connectivity index is 1.80. The van der Waals surface area contributed by atoms with Crippen molar-refractivity contribution in [3.05, 3.63) is 22.9 Å². The predicted molar refractivity (Wildman–Crippen MR) is 71.7 cm³/mol. The van der Waals surface area contributed by atoms with Crippen LogP contribution in [0.5, 0.6) is 5.88 Å². The largest absolute Gasteiger partial charge is 0.474 e. The van der Waals surface area contributed by atoms with Crippen LogP contribution in [0.25, 0.3) is 0 Å². The number of ether oxygens (including phenoxy) is 2. The van der Waals surface area contributed by atoms with Gasteiger partial charge in [0.25, 0.3) is 0 Å². The first-order chi connectivity index (χ1) is 9.24. The third kappa shape index (κ3) is 2.56. The van der Waals surface area contributed by atoms with E-state index in [1.165, 1.54) is 5.56 Å². The van der Waals surface area contributed by atoms with E-state index in [1.807, 2.05) is 6.07 Å². The van der Waals surface area contributed by atoms with Gasteiger partial charge in [-0.05, 0) is 43.7 Å². The van der Waals surface area contributed by atoms with Crippen molar-refractivity contribution < 1.29 is 9.47 Å². The highest BCUT2D eigenvalue weighted by molar-refractivity contribution is 5.97. The van der Waals surface area contributed by atoms with Crippen LogP contribution in [0.3, 0.4) is 0 Å². The van der Waals surface area contributed by atoms with E-state index >= 15 is 0 Å². The van der Waals surface area contributed by atoms with Crippen LogP contribution in [0.2, 0.25) is 0 Å². The maximum atomic E-state index is 7.65. The van der Waals surface area contributed by atoms with E-state index in [0.29, 0.717) is 18.1 Å². The summed E-state index contributed by atoms with van der Waals surface area (Å²) in [5, 5.41) is 7.65. The summed E-state index contributed by atoms with van der Waals surface area (Å²) in [4.78, 5) is 4.54. The number of pyridine rings is 1. The molecule has 5 nitrogen and oxygen atoms in total. The lowest BCUT2D eigenvalue weighted by atomic mass is 10.1. The first-order valence-electron chi connectivity index (χ1n) is 6.85. The second kappa shape index (κ2) is 5.17. The molecule has 1 saturated heterocycles. The average molecular weight is 261 g/mol. The number of nitrogens with two attached hydrogens (primary N) is 1. The van der Waals surface area contributed by atoms with Crippen molar-refractivity contribution in [2.75, 3.05) is 13.2 Å². The van der Waals surface area contributed by atoms with E-state index < -0.39 is 0 Å². The van der Waals surface area contributed by atoms with Crippen LogP contribution < -0.4 is 10.5 Å². The fraction of sp³-hybridized carbons (Fsp3) is 0.571. The van der Waals surface area contributed by atoms with Crippen molar-refractivity contribution in [1.82, 2.24) is 4.98 Å². The van der Waals surface area contributed by atoms with Crippen LogP contribution in [0, 0.1) is 5.41 Å². The molecule has 5 heteroatoms. The third-order valence-electron chi connectivity index (χ3n) is 3.74. The van der Waals surface area contributed by atoms with Gasteiger partial charge in [0, 0.05) is 12.3 Å². The number of amidine groups is 1. The monoisotopic (exact) mass is 261 g/mol. The molecule has 1 aliphatic carbocycles. The molecule has 102 valence electrons. The van der Waals surface area contributed by atoms with Crippen molar-refractivity contribution >= 4 is 5.84 Å². The molecule has 19 heavy (non-hydrogen) atoms. The van der Waals surface area contributed by atoms with Gasteiger partial charge >= 0.3 is 0 Å². The Morgan fingerprint density at radius 2 is 2.37 bits per heavy atom. The number of fused-ring (bicyclic) bond motifs is 1. The zero-order chi connectivity index (χ0) is 13.2. The summed E-state index contributed by atoms with van der Waals surface area (Å²) in [6, 6.07) is 1.96. The van der Waals surface area contributed by atoms with Gasteiger partial charge in [0.2, 0.25) is 5.88 Å². The minimum atomic E-state index is 0.0181. The normalized spacial score (nSPS) is 21.4. The molecule has 0 bridgehead atoms. The Hall–Kier alpha value is -1.62. The molecule has 2 heterocycles. The highest BCUT2D eigenvalue weighted by Crippen LogP contribution is 2.27. The molecule has 3 N–H and O–H groups in total. The number of hydrogen-bond acceptors (Lipinski definition) is 4. The van der Waals surface area contributed by atoms with E-state index in [0.717, 1.165) is 44.4 Å². The van der Waals surface area contributed by atoms with Gasteiger partial charge in [0.1, 0.15) is 12.4 Å². The second-order valence-corrected chi connectivity index (χ2v) is 5.16. The molecule has 1 aromatic heterocycles. The standard InChI is InChI=1S/C14H19N3O2/c15-13(16)11-7-9-3-1-5-12(9)17-14(11)19-8-10-4-2-6-18-10/h7,10H,1-6,8H2,(H3,15,16). The maximum absolute atomic E-state index is 7.65. The third-order valence-corrected chi connectivity index (χ3v) is 3.74. The van der Waals surface area contributed by atoms with Gasteiger partial charge in [-0.1, -0.05) is 0 Å². The highest BCUT2D eigenvalue weighted by Gasteiger charge is 2.21. The molecule has 0 radical (unpaired) electrons. The minimum Gasteiger partial charge on any atom is -0.474 e. The fourth-order valence-corrected chi connectivity index (χ4v) is 2.70. The van der Waals surface area contributed by atoms with Gasteiger partial charge in [-0.3, -0.25) is 5.41 Å². The summed E-state index contributed by atoms with van der Waals surface area (Å²) in [7, 11) is 0. The van der Waals surface area contributed by atoms with Crippen molar-refractivity contribution in [2.24, 2.45) is 5.73 Å². The first kappa shape index (κ1) is 12.4. The summed E-state index contributed by atoms with van der Waals surface area (Å²) in [6.07, 6.45) is 5.40. The first-order valence-corrected chi connectivity index (χ1v) is 6.85. The van der Waals surface area contributed by atoms with E-state index in [2.05, 4.69) is 4.98 Å². The lowest BCUT2D eigenvalue weighted by Crippen LogP contribution is -2.20. The molecule has 0 amide bonds. The van der Waals surface area contributed by atoms with Crippen LogP contribution in [-0.2, 0) is 17.6 Å². The number of aryl methyl sites for hydroxylation is 2. The zero-order valence-electron chi connectivity index (χ0n) is 10.9. The molecule has 1 aromatic rings. The van der Waals surface area contributed by atoms with E-state index in [1.54, 1.807) is 0 Å². The topological polar surface area (TPSA) is 81.2 Å². The lowest BCUT2D eigenvalue weighted by molar-refractivity contribution is 0.0662. The molecule has 3 rings (SSSR count). The Labute approximate surface area is 112 Å². The predicted octanol–water partition coefficient (Wildman–Crippen LogP) is 1.41. The zero-order valence-corrected chi connectivity index (χ0v) is 10.9. The smallest absolute Gasteiger partial charge is 0.224 e. The van der Waals surface area contributed by atoms with E-state index in [9.17, 15) is 0 Å². The van der Waals surface area contributed by atoms with E-state index in [-0.39, 0.29) is 11.9 Å². The molecular weight excluding hydrogens is 242 g/mol. The molecular formula is C14H19N3O2. The highest BCUT2D eigenvalue weighted by atomic mass is 16.5. The summed E-state index contributed by atoms with van der Waals surface area (Å²) >= 11 is 0. The Bertz CT molecular complexity index is 496. The molecule has 1 unspecified atom stereocenters. The van der Waals surface area contributed by atoms with Crippen LogP contribution in [0.1, 0.15) is 36.1 Å². The fourth-order valence-electron chi connectivity index (χ4n) is 2.70. The number of aromatic nitrogens is 1. The number of hydrogen-bond donors (Lipinski definition) is 2. The number of nitrogens with zero attached hydrogens (tertiary/aromatic N) is 1. The molecule has 1 fully saturated rings.